The van der Waals surface area contributed by atoms with Gasteiger partial charge in [0.2, 0.25) is 11.7 Å². The molecule has 6 heteroatoms. The smallest absolute Gasteiger partial charge is 0.371 e. The van der Waals surface area contributed by atoms with E-state index in [1.165, 1.54) is 6.07 Å². The van der Waals surface area contributed by atoms with Gasteiger partial charge in [-0.1, -0.05) is 13.3 Å². The fourth-order valence-corrected chi connectivity index (χ4v) is 2.69. The number of carboxylic acid groups (broad SMARTS) is 1. The molecule has 20 heavy (non-hydrogen) atoms. The molecule has 6 nitrogen and oxygen atoms in total. The van der Waals surface area contributed by atoms with Crippen molar-refractivity contribution >= 4 is 11.9 Å². The highest BCUT2D eigenvalue weighted by Gasteiger charge is 2.40. The fourth-order valence-electron chi connectivity index (χ4n) is 2.69. The standard InChI is InChI=1S/C14H20N2O4/c1-2-5-14(6-7-15-9-14)13(19)16-8-10-3-4-11(20-10)12(17)18/h3-4,15H,2,5-9H2,1H3,(H,16,19)(H,17,18). The van der Waals surface area contributed by atoms with Crippen molar-refractivity contribution in [2.45, 2.75) is 32.7 Å². The Hall–Kier alpha value is -1.82. The van der Waals surface area contributed by atoms with E-state index in [9.17, 15) is 9.59 Å². The summed E-state index contributed by atoms with van der Waals surface area (Å²) in [6.45, 7) is 3.85. The minimum Gasteiger partial charge on any atom is -0.475 e. The molecule has 0 bridgehead atoms. The number of hydrogen-bond acceptors (Lipinski definition) is 4. The molecular weight excluding hydrogens is 260 g/mol. The van der Waals surface area contributed by atoms with Crippen molar-refractivity contribution in [3.8, 4) is 0 Å². The molecule has 2 heterocycles. The SMILES string of the molecule is CCCC1(C(=O)NCc2ccc(C(=O)O)o2)CCNC1. The second kappa shape index (κ2) is 6.09. The zero-order valence-corrected chi connectivity index (χ0v) is 11.6. The van der Waals surface area contributed by atoms with E-state index < -0.39 is 5.97 Å². The molecule has 1 aromatic heterocycles. The lowest BCUT2D eigenvalue weighted by Crippen LogP contribution is -2.42. The maximum absolute atomic E-state index is 12.4. The largest absolute Gasteiger partial charge is 0.475 e. The van der Waals surface area contributed by atoms with Gasteiger partial charge in [0.15, 0.2) is 0 Å². The maximum atomic E-state index is 12.4. The summed E-state index contributed by atoms with van der Waals surface area (Å²) < 4.78 is 5.12. The van der Waals surface area contributed by atoms with E-state index in [0.717, 1.165) is 25.8 Å². The highest BCUT2D eigenvalue weighted by atomic mass is 16.4. The first-order chi connectivity index (χ1) is 9.57. The molecule has 3 N–H and O–H groups in total. The first-order valence-corrected chi connectivity index (χ1v) is 6.88. The van der Waals surface area contributed by atoms with Crippen molar-refractivity contribution in [3.63, 3.8) is 0 Å². The van der Waals surface area contributed by atoms with E-state index in [1.807, 2.05) is 0 Å². The predicted octanol–water partition coefficient (Wildman–Crippen LogP) is 1.37. The quantitative estimate of drug-likeness (QED) is 0.732. The second-order valence-electron chi connectivity index (χ2n) is 5.21. The van der Waals surface area contributed by atoms with E-state index in [-0.39, 0.29) is 23.6 Å². The van der Waals surface area contributed by atoms with Gasteiger partial charge in [0.25, 0.3) is 0 Å². The van der Waals surface area contributed by atoms with Gasteiger partial charge in [-0.3, -0.25) is 4.79 Å². The number of amides is 1. The zero-order valence-electron chi connectivity index (χ0n) is 11.6. The summed E-state index contributed by atoms with van der Waals surface area (Å²) in [6.07, 6.45) is 2.65. The van der Waals surface area contributed by atoms with Crippen LogP contribution in [0.25, 0.3) is 0 Å². The molecule has 110 valence electrons. The number of nitrogens with one attached hydrogen (secondary N) is 2. The molecule has 1 aliphatic heterocycles. The summed E-state index contributed by atoms with van der Waals surface area (Å²) in [5, 5.41) is 14.9. The summed E-state index contributed by atoms with van der Waals surface area (Å²) in [4.78, 5) is 23.1. The van der Waals surface area contributed by atoms with Gasteiger partial charge in [-0.15, -0.1) is 0 Å². The molecule has 1 aliphatic rings. The fraction of sp³-hybridized carbons (Fsp3) is 0.571. The first-order valence-electron chi connectivity index (χ1n) is 6.88. The summed E-state index contributed by atoms with van der Waals surface area (Å²) in [5.41, 5.74) is -0.336. The average molecular weight is 280 g/mol. The van der Waals surface area contributed by atoms with Gasteiger partial charge < -0.3 is 20.2 Å². The molecule has 1 aromatic rings. The third-order valence-corrected chi connectivity index (χ3v) is 3.75. The van der Waals surface area contributed by atoms with Gasteiger partial charge >= 0.3 is 5.97 Å². The Morgan fingerprint density at radius 1 is 1.50 bits per heavy atom. The highest BCUT2D eigenvalue weighted by molar-refractivity contribution is 5.84. The number of hydrogen-bond donors (Lipinski definition) is 3. The van der Waals surface area contributed by atoms with Gasteiger partial charge in [-0.2, -0.15) is 0 Å². The van der Waals surface area contributed by atoms with Crippen LogP contribution < -0.4 is 10.6 Å². The van der Waals surface area contributed by atoms with Crippen molar-refractivity contribution in [3.05, 3.63) is 23.7 Å². The molecule has 0 spiro atoms. The van der Waals surface area contributed by atoms with Crippen LogP contribution in [0.2, 0.25) is 0 Å². The van der Waals surface area contributed by atoms with E-state index in [4.69, 9.17) is 9.52 Å². The topological polar surface area (TPSA) is 91.6 Å². The highest BCUT2D eigenvalue weighted by Crippen LogP contribution is 2.31. The third kappa shape index (κ3) is 3.01. The summed E-state index contributed by atoms with van der Waals surface area (Å²) >= 11 is 0. The molecule has 1 saturated heterocycles. The van der Waals surface area contributed by atoms with Crippen LogP contribution in [0, 0.1) is 5.41 Å². The zero-order chi connectivity index (χ0) is 14.6. The maximum Gasteiger partial charge on any atom is 0.371 e. The molecule has 0 radical (unpaired) electrons. The van der Waals surface area contributed by atoms with Crippen LogP contribution >= 0.6 is 0 Å². The molecule has 0 saturated carbocycles. The van der Waals surface area contributed by atoms with Gasteiger partial charge in [0.1, 0.15) is 5.76 Å². The van der Waals surface area contributed by atoms with Gasteiger partial charge in [-0.05, 0) is 31.5 Å². The Balaban J connectivity index is 1.95. The molecule has 0 aromatic carbocycles. The lowest BCUT2D eigenvalue weighted by Gasteiger charge is -2.26. The van der Waals surface area contributed by atoms with Gasteiger partial charge in [-0.25, -0.2) is 4.79 Å². The van der Waals surface area contributed by atoms with Crippen molar-refractivity contribution < 1.29 is 19.1 Å². The van der Waals surface area contributed by atoms with Crippen LogP contribution in [0.1, 0.15) is 42.5 Å². The molecular formula is C14H20N2O4. The molecule has 1 unspecified atom stereocenters. The van der Waals surface area contributed by atoms with Crippen LogP contribution in [-0.4, -0.2) is 30.1 Å². The predicted molar refractivity (Wildman–Crippen MR) is 72.3 cm³/mol. The Morgan fingerprint density at radius 2 is 2.30 bits per heavy atom. The number of rotatable bonds is 6. The number of carbonyl (C=O) groups excluding carboxylic acids is 1. The first kappa shape index (κ1) is 14.6. The molecule has 2 rings (SSSR count). The molecule has 1 fully saturated rings. The van der Waals surface area contributed by atoms with Crippen LogP contribution in [0.5, 0.6) is 0 Å². The van der Waals surface area contributed by atoms with Gasteiger partial charge in [0, 0.05) is 6.54 Å². The molecule has 0 aliphatic carbocycles. The minimum atomic E-state index is -1.11. The molecule has 1 amide bonds. The van der Waals surface area contributed by atoms with Crippen molar-refractivity contribution in [2.75, 3.05) is 13.1 Å². The Kier molecular flexibility index (Phi) is 4.44. The van der Waals surface area contributed by atoms with Crippen LogP contribution in [0.4, 0.5) is 0 Å². The van der Waals surface area contributed by atoms with Gasteiger partial charge in [0.05, 0.1) is 12.0 Å². The Bertz CT molecular complexity index is 489. The second-order valence-corrected chi connectivity index (χ2v) is 5.21. The third-order valence-electron chi connectivity index (χ3n) is 3.75. The van der Waals surface area contributed by atoms with Crippen molar-refractivity contribution in [1.29, 1.82) is 0 Å². The van der Waals surface area contributed by atoms with Crippen LogP contribution in [0.3, 0.4) is 0 Å². The van der Waals surface area contributed by atoms with E-state index >= 15 is 0 Å². The number of carboxylic acids is 1. The van der Waals surface area contributed by atoms with Crippen molar-refractivity contribution in [1.82, 2.24) is 10.6 Å². The minimum absolute atomic E-state index is 0.0117. The lowest BCUT2D eigenvalue weighted by molar-refractivity contribution is -0.130. The Morgan fingerprint density at radius 3 is 2.85 bits per heavy atom. The normalized spacial score (nSPS) is 21.9. The summed E-state index contributed by atoms with van der Waals surface area (Å²) in [5.74, 6) is -0.754. The van der Waals surface area contributed by atoms with E-state index in [0.29, 0.717) is 12.3 Å². The summed E-state index contributed by atoms with van der Waals surface area (Å²) in [7, 11) is 0. The van der Waals surface area contributed by atoms with E-state index in [2.05, 4.69) is 17.6 Å². The number of carbonyl (C=O) groups is 2. The molecule has 1 atom stereocenters. The van der Waals surface area contributed by atoms with Crippen LogP contribution in [0.15, 0.2) is 16.5 Å². The lowest BCUT2D eigenvalue weighted by atomic mass is 9.81. The number of aromatic carboxylic acids is 1. The van der Waals surface area contributed by atoms with Crippen LogP contribution in [-0.2, 0) is 11.3 Å². The monoisotopic (exact) mass is 280 g/mol. The summed E-state index contributed by atoms with van der Waals surface area (Å²) in [6, 6.07) is 2.96. The van der Waals surface area contributed by atoms with E-state index in [1.54, 1.807) is 6.07 Å². The van der Waals surface area contributed by atoms with Crippen molar-refractivity contribution in [2.24, 2.45) is 5.41 Å². The average Bonchev–Trinajstić information content (AvgIpc) is 3.06. The number of furan rings is 1. The Labute approximate surface area is 117 Å².